The van der Waals surface area contributed by atoms with Gasteiger partial charge in [0.15, 0.2) is 0 Å². The number of terminal acetylenes is 1. The number of rotatable bonds is 2. The van der Waals surface area contributed by atoms with Crippen molar-refractivity contribution in [1.29, 1.82) is 0 Å². The van der Waals surface area contributed by atoms with Gasteiger partial charge in [0.25, 0.3) is 0 Å². The van der Waals surface area contributed by atoms with Crippen LogP contribution in [0.3, 0.4) is 0 Å². The van der Waals surface area contributed by atoms with Crippen LogP contribution in [0.5, 0.6) is 0 Å². The molecule has 19 heavy (non-hydrogen) atoms. The minimum atomic E-state index is -4.91. The summed E-state index contributed by atoms with van der Waals surface area (Å²) in [6.07, 6.45) is 4.39. The fourth-order valence-corrected chi connectivity index (χ4v) is 2.30. The van der Waals surface area contributed by atoms with Gasteiger partial charge in [-0.05, 0) is 30.6 Å². The van der Waals surface area contributed by atoms with E-state index in [1.165, 1.54) is 0 Å². The second kappa shape index (κ2) is 4.85. The number of hydrogen-bond acceptors (Lipinski definition) is 1. The first-order chi connectivity index (χ1) is 8.95. The number of allylic oxidation sites excluding steroid dienone is 2. The van der Waals surface area contributed by atoms with E-state index >= 15 is 0 Å². The van der Waals surface area contributed by atoms with Crippen LogP contribution in [0.4, 0.5) is 13.2 Å². The Morgan fingerprint density at radius 2 is 2.32 bits per heavy atom. The van der Waals surface area contributed by atoms with E-state index in [1.807, 2.05) is 0 Å². The zero-order valence-corrected chi connectivity index (χ0v) is 9.92. The van der Waals surface area contributed by atoms with Gasteiger partial charge in [0.2, 0.25) is 0 Å². The topological polar surface area (TPSA) is 20.3 Å². The van der Waals surface area contributed by atoms with E-state index in [4.69, 9.17) is 6.42 Å². The number of carbonyl (C=O) groups excluding carboxylic acids is 1. The normalized spacial score (nSPS) is 20.4. The molecule has 0 unspecified atom stereocenters. The summed E-state index contributed by atoms with van der Waals surface area (Å²) in [6, 6.07) is -0.633. The molecule has 2 nitrogen and oxygen atoms in total. The zero-order valence-electron chi connectivity index (χ0n) is 9.92. The van der Waals surface area contributed by atoms with Crippen molar-refractivity contribution < 1.29 is 18.0 Å². The van der Waals surface area contributed by atoms with Crippen molar-refractivity contribution in [3.63, 3.8) is 0 Å². The van der Waals surface area contributed by atoms with Crippen LogP contribution in [-0.2, 0) is 4.79 Å². The van der Waals surface area contributed by atoms with Gasteiger partial charge in [-0.2, -0.15) is 13.2 Å². The van der Waals surface area contributed by atoms with Crippen molar-refractivity contribution in [2.24, 2.45) is 0 Å². The Kier molecular flexibility index (Phi) is 3.40. The largest absolute Gasteiger partial charge is 0.471 e. The summed E-state index contributed by atoms with van der Waals surface area (Å²) in [7, 11) is 0. The lowest BCUT2D eigenvalue weighted by Crippen LogP contribution is -2.47. The van der Waals surface area contributed by atoms with E-state index in [1.54, 1.807) is 12.2 Å². The van der Waals surface area contributed by atoms with Crippen molar-refractivity contribution in [1.82, 2.24) is 4.90 Å². The molecule has 0 saturated heterocycles. The Morgan fingerprint density at radius 1 is 1.58 bits per heavy atom. The molecule has 0 spiro atoms. The summed E-state index contributed by atoms with van der Waals surface area (Å²) in [5.41, 5.74) is 7.08. The predicted octanol–water partition coefficient (Wildman–Crippen LogP) is 2.35. The molecule has 2 aliphatic rings. The van der Waals surface area contributed by atoms with Crippen molar-refractivity contribution in [2.75, 3.05) is 6.54 Å². The van der Waals surface area contributed by atoms with E-state index in [-0.39, 0.29) is 6.54 Å². The molecule has 0 heterocycles. The average Bonchev–Trinajstić information content (AvgIpc) is 2.78. The van der Waals surface area contributed by atoms with Gasteiger partial charge in [0.05, 0.1) is 12.6 Å². The van der Waals surface area contributed by atoms with Gasteiger partial charge in [0, 0.05) is 5.57 Å². The van der Waals surface area contributed by atoms with Crippen LogP contribution < -0.4 is 0 Å². The molecular weight excluding hydrogens is 255 g/mol. The van der Waals surface area contributed by atoms with Crippen molar-refractivity contribution >= 4 is 5.91 Å². The number of alkyl halides is 3. The standard InChI is InChI=1S/C14H10F3NO/c1-2-9-18(13(19)14(15,16)17)12-8-7-10-5-3-4-6-11(10)12/h1,4,6,12H,7-9H2/t12-/m1/s1. The zero-order chi connectivity index (χ0) is 14.0. The molecule has 2 aliphatic carbocycles. The highest BCUT2D eigenvalue weighted by atomic mass is 19.4. The average molecular weight is 265 g/mol. The van der Waals surface area contributed by atoms with Crippen molar-refractivity contribution in [3.05, 3.63) is 34.8 Å². The smallest absolute Gasteiger partial charge is 0.317 e. The van der Waals surface area contributed by atoms with E-state index in [9.17, 15) is 18.0 Å². The third kappa shape index (κ3) is 2.51. The van der Waals surface area contributed by atoms with Crippen LogP contribution in [0, 0.1) is 12.3 Å². The minimum absolute atomic E-state index is 0.360. The molecule has 1 saturated carbocycles. The first kappa shape index (κ1) is 13.3. The Morgan fingerprint density at radius 3 is 2.95 bits per heavy atom. The van der Waals surface area contributed by atoms with Gasteiger partial charge in [0.1, 0.15) is 0 Å². The highest BCUT2D eigenvalue weighted by Crippen LogP contribution is 2.36. The van der Waals surface area contributed by atoms with E-state index in [0.717, 1.165) is 5.57 Å². The van der Waals surface area contributed by atoms with E-state index < -0.39 is 18.1 Å². The van der Waals surface area contributed by atoms with Crippen LogP contribution in [0.1, 0.15) is 12.8 Å². The summed E-state index contributed by atoms with van der Waals surface area (Å²) in [4.78, 5) is 12.1. The van der Waals surface area contributed by atoms with Crippen LogP contribution in [0.2, 0.25) is 0 Å². The van der Waals surface area contributed by atoms with E-state index in [0.29, 0.717) is 23.3 Å². The molecule has 2 rings (SSSR count). The number of fused-ring (bicyclic) bond motifs is 1. The molecule has 0 aromatic carbocycles. The fourth-order valence-electron chi connectivity index (χ4n) is 2.30. The summed E-state index contributed by atoms with van der Waals surface area (Å²) >= 11 is 0. The lowest BCUT2D eigenvalue weighted by Gasteiger charge is -2.28. The molecular formula is C14H10F3NO. The van der Waals surface area contributed by atoms with Crippen LogP contribution in [0.15, 0.2) is 34.8 Å². The van der Waals surface area contributed by atoms with Gasteiger partial charge in [-0.1, -0.05) is 17.4 Å². The fraction of sp³-hybridized carbons (Fsp3) is 0.357. The third-order valence-electron chi connectivity index (χ3n) is 3.09. The third-order valence-corrected chi connectivity index (χ3v) is 3.09. The maximum atomic E-state index is 12.6. The molecule has 0 bridgehead atoms. The minimum Gasteiger partial charge on any atom is -0.317 e. The molecule has 1 amide bonds. The summed E-state index contributed by atoms with van der Waals surface area (Å²) in [5, 5.41) is 0. The number of hydrogen-bond donors (Lipinski definition) is 0. The first-order valence-electron chi connectivity index (χ1n) is 5.67. The maximum absolute atomic E-state index is 12.6. The van der Waals surface area contributed by atoms with Crippen molar-refractivity contribution in [3.8, 4) is 12.3 Å². The highest BCUT2D eigenvalue weighted by Gasteiger charge is 2.46. The Bertz CT molecular complexity index is 579. The summed E-state index contributed by atoms with van der Waals surface area (Å²) < 4.78 is 37.7. The summed E-state index contributed by atoms with van der Waals surface area (Å²) in [6.45, 7) is -0.360. The monoisotopic (exact) mass is 265 g/mol. The Balaban J connectivity index is 2.30. The molecule has 1 atom stereocenters. The molecule has 98 valence electrons. The van der Waals surface area contributed by atoms with Gasteiger partial charge >= 0.3 is 12.1 Å². The molecule has 0 N–H and O–H groups in total. The van der Waals surface area contributed by atoms with Crippen molar-refractivity contribution in [2.45, 2.75) is 25.1 Å². The quantitative estimate of drug-likeness (QED) is 0.554. The van der Waals surface area contributed by atoms with Gasteiger partial charge < -0.3 is 4.90 Å². The van der Waals surface area contributed by atoms with Crippen LogP contribution >= 0.6 is 0 Å². The van der Waals surface area contributed by atoms with Crippen LogP contribution in [0.25, 0.3) is 0 Å². The molecule has 5 heteroatoms. The maximum Gasteiger partial charge on any atom is 0.471 e. The molecule has 0 aromatic heterocycles. The molecule has 0 aliphatic heterocycles. The first-order valence-corrected chi connectivity index (χ1v) is 5.67. The lowest BCUT2D eigenvalue weighted by atomic mass is 10.0. The molecule has 0 radical (unpaired) electrons. The Hall–Kier alpha value is -2.14. The van der Waals surface area contributed by atoms with Gasteiger partial charge in [-0.15, -0.1) is 6.42 Å². The molecule has 0 aromatic rings. The van der Waals surface area contributed by atoms with E-state index in [2.05, 4.69) is 17.4 Å². The SMILES string of the molecule is C#CCN(C(=O)C(F)(F)F)[C@@H]1CCC2=C=C=CC=C21. The number of halogens is 3. The number of amides is 1. The van der Waals surface area contributed by atoms with Gasteiger partial charge in [-0.25, -0.2) is 0 Å². The number of nitrogens with zero attached hydrogens (tertiary/aromatic N) is 1. The second-order valence-corrected chi connectivity index (χ2v) is 4.23. The second-order valence-electron chi connectivity index (χ2n) is 4.23. The predicted molar refractivity (Wildman–Crippen MR) is 62.8 cm³/mol. The molecule has 1 fully saturated rings. The lowest BCUT2D eigenvalue weighted by molar-refractivity contribution is -0.186. The van der Waals surface area contributed by atoms with Gasteiger partial charge in [-0.3, -0.25) is 4.79 Å². The number of carbonyl (C=O) groups is 1. The Labute approximate surface area is 108 Å². The summed E-state index contributed by atoms with van der Waals surface area (Å²) in [5.74, 6) is 0.223. The highest BCUT2D eigenvalue weighted by molar-refractivity contribution is 5.83. The van der Waals surface area contributed by atoms with Crippen LogP contribution in [-0.4, -0.2) is 29.6 Å².